The van der Waals surface area contributed by atoms with Crippen LogP contribution in [-0.4, -0.2) is 23.2 Å². The molecular formula is C12H19N3O. The van der Waals surface area contributed by atoms with Gasteiger partial charge in [0.1, 0.15) is 5.82 Å². The van der Waals surface area contributed by atoms with E-state index < -0.39 is 0 Å². The Labute approximate surface area is 96.2 Å². The Morgan fingerprint density at radius 1 is 1.62 bits per heavy atom. The number of hydrogen-bond donors (Lipinski definition) is 1. The fourth-order valence-corrected chi connectivity index (χ4v) is 2.07. The van der Waals surface area contributed by atoms with E-state index in [0.29, 0.717) is 5.92 Å². The molecule has 0 aliphatic carbocycles. The van der Waals surface area contributed by atoms with Crippen LogP contribution in [0, 0.1) is 12.8 Å². The lowest BCUT2D eigenvalue weighted by molar-refractivity contribution is 0.185. The summed E-state index contributed by atoms with van der Waals surface area (Å²) in [5.74, 6) is 1.50. The van der Waals surface area contributed by atoms with Crippen molar-refractivity contribution in [2.75, 3.05) is 13.2 Å². The van der Waals surface area contributed by atoms with Gasteiger partial charge >= 0.3 is 0 Å². The fraction of sp³-hybridized carbons (Fsp3) is 0.667. The molecule has 0 bridgehead atoms. The van der Waals surface area contributed by atoms with Gasteiger partial charge in [-0.05, 0) is 26.2 Å². The van der Waals surface area contributed by atoms with Crippen LogP contribution in [0.1, 0.15) is 36.5 Å². The molecule has 1 fully saturated rings. The highest BCUT2D eigenvalue weighted by molar-refractivity contribution is 5.19. The van der Waals surface area contributed by atoms with Crippen LogP contribution in [0.3, 0.4) is 0 Å². The van der Waals surface area contributed by atoms with Gasteiger partial charge in [-0.2, -0.15) is 0 Å². The lowest BCUT2D eigenvalue weighted by Crippen LogP contribution is -2.12. The third kappa shape index (κ3) is 2.57. The maximum Gasteiger partial charge on any atom is 0.128 e. The molecule has 1 saturated heterocycles. The molecule has 88 valence electrons. The minimum atomic E-state index is 0.00358. The molecule has 0 saturated carbocycles. The van der Waals surface area contributed by atoms with Crippen LogP contribution in [-0.2, 0) is 11.2 Å². The smallest absolute Gasteiger partial charge is 0.128 e. The van der Waals surface area contributed by atoms with Crippen LogP contribution in [0.25, 0.3) is 0 Å². The lowest BCUT2D eigenvalue weighted by atomic mass is 10.0. The summed E-state index contributed by atoms with van der Waals surface area (Å²) in [6.45, 7) is 5.67. The second-order valence-corrected chi connectivity index (χ2v) is 4.55. The average Bonchev–Trinajstić information content (AvgIpc) is 2.70. The van der Waals surface area contributed by atoms with Crippen LogP contribution in [0.15, 0.2) is 6.20 Å². The van der Waals surface area contributed by atoms with E-state index in [1.165, 1.54) is 0 Å². The molecule has 1 aliphatic heterocycles. The van der Waals surface area contributed by atoms with Crippen molar-refractivity contribution in [1.29, 1.82) is 0 Å². The van der Waals surface area contributed by atoms with Crippen LogP contribution in [0.4, 0.5) is 0 Å². The highest BCUT2D eigenvalue weighted by Crippen LogP contribution is 2.18. The first-order valence-corrected chi connectivity index (χ1v) is 5.82. The van der Waals surface area contributed by atoms with Gasteiger partial charge in [0.05, 0.1) is 0 Å². The monoisotopic (exact) mass is 221 g/mol. The van der Waals surface area contributed by atoms with Gasteiger partial charge in [0.15, 0.2) is 0 Å². The number of aryl methyl sites for hydroxylation is 1. The van der Waals surface area contributed by atoms with Gasteiger partial charge in [-0.1, -0.05) is 0 Å². The Balaban J connectivity index is 2.08. The van der Waals surface area contributed by atoms with Crippen molar-refractivity contribution in [3.05, 3.63) is 23.3 Å². The number of rotatable bonds is 3. The van der Waals surface area contributed by atoms with E-state index in [1.54, 1.807) is 0 Å². The number of hydrogen-bond acceptors (Lipinski definition) is 4. The predicted molar refractivity (Wildman–Crippen MR) is 62.0 cm³/mol. The maximum atomic E-state index is 5.83. The summed E-state index contributed by atoms with van der Waals surface area (Å²) in [5.41, 5.74) is 7.86. The molecule has 2 atom stereocenters. The lowest BCUT2D eigenvalue weighted by Gasteiger charge is -2.11. The van der Waals surface area contributed by atoms with Crippen molar-refractivity contribution in [2.45, 2.75) is 32.7 Å². The van der Waals surface area contributed by atoms with Crippen molar-refractivity contribution in [3.8, 4) is 0 Å². The summed E-state index contributed by atoms with van der Waals surface area (Å²) in [6, 6.07) is 0.00358. The third-order valence-electron chi connectivity index (χ3n) is 3.05. The molecule has 1 aliphatic rings. The van der Waals surface area contributed by atoms with Crippen molar-refractivity contribution in [1.82, 2.24) is 9.97 Å². The van der Waals surface area contributed by atoms with Gasteiger partial charge < -0.3 is 10.5 Å². The van der Waals surface area contributed by atoms with Crippen molar-refractivity contribution >= 4 is 0 Å². The van der Waals surface area contributed by atoms with Gasteiger partial charge in [-0.25, -0.2) is 9.97 Å². The number of ether oxygens (including phenoxy) is 1. The number of nitrogens with zero attached hydrogens (tertiary/aromatic N) is 2. The molecule has 0 amide bonds. The Kier molecular flexibility index (Phi) is 3.51. The SMILES string of the molecule is Cc1nc(CC2CCOC2)ncc1[C@H](C)N. The number of nitrogens with two attached hydrogens (primary N) is 1. The van der Waals surface area contributed by atoms with Crippen molar-refractivity contribution in [3.63, 3.8) is 0 Å². The highest BCUT2D eigenvalue weighted by Gasteiger charge is 2.18. The molecule has 4 nitrogen and oxygen atoms in total. The molecule has 4 heteroatoms. The molecule has 0 spiro atoms. The van der Waals surface area contributed by atoms with Gasteiger partial charge in [0, 0.05) is 43.1 Å². The minimum Gasteiger partial charge on any atom is -0.381 e. The minimum absolute atomic E-state index is 0.00358. The van der Waals surface area contributed by atoms with Gasteiger partial charge in [0.25, 0.3) is 0 Å². The summed E-state index contributed by atoms with van der Waals surface area (Å²) in [5, 5.41) is 0. The zero-order chi connectivity index (χ0) is 11.5. The fourth-order valence-electron chi connectivity index (χ4n) is 2.07. The van der Waals surface area contributed by atoms with Crippen LogP contribution < -0.4 is 5.73 Å². The van der Waals surface area contributed by atoms with E-state index in [0.717, 1.165) is 43.1 Å². The molecule has 2 rings (SSSR count). The molecule has 0 radical (unpaired) electrons. The molecule has 2 N–H and O–H groups in total. The Morgan fingerprint density at radius 2 is 2.44 bits per heavy atom. The molecule has 1 unspecified atom stereocenters. The van der Waals surface area contributed by atoms with E-state index in [2.05, 4.69) is 9.97 Å². The van der Waals surface area contributed by atoms with Crippen molar-refractivity contribution < 1.29 is 4.74 Å². The van der Waals surface area contributed by atoms with E-state index in [-0.39, 0.29) is 6.04 Å². The molecule has 1 aromatic rings. The highest BCUT2D eigenvalue weighted by atomic mass is 16.5. The summed E-state index contributed by atoms with van der Waals surface area (Å²) in [6.07, 6.45) is 3.90. The van der Waals surface area contributed by atoms with Gasteiger partial charge in [0.2, 0.25) is 0 Å². The van der Waals surface area contributed by atoms with E-state index in [9.17, 15) is 0 Å². The molecule has 2 heterocycles. The van der Waals surface area contributed by atoms with E-state index >= 15 is 0 Å². The zero-order valence-electron chi connectivity index (χ0n) is 9.94. The number of aromatic nitrogens is 2. The zero-order valence-corrected chi connectivity index (χ0v) is 9.94. The first kappa shape index (κ1) is 11.5. The van der Waals surface area contributed by atoms with Gasteiger partial charge in [-0.3, -0.25) is 0 Å². The summed E-state index contributed by atoms with van der Waals surface area (Å²) >= 11 is 0. The van der Waals surface area contributed by atoms with Crippen molar-refractivity contribution in [2.24, 2.45) is 11.7 Å². The predicted octanol–water partition coefficient (Wildman–Crippen LogP) is 1.38. The molecular weight excluding hydrogens is 202 g/mol. The first-order chi connectivity index (χ1) is 7.66. The topological polar surface area (TPSA) is 61.0 Å². The van der Waals surface area contributed by atoms with Gasteiger partial charge in [-0.15, -0.1) is 0 Å². The Bertz CT molecular complexity index is 359. The van der Waals surface area contributed by atoms with E-state index in [4.69, 9.17) is 10.5 Å². The normalized spacial score (nSPS) is 22.3. The maximum absolute atomic E-state index is 5.83. The summed E-state index contributed by atoms with van der Waals surface area (Å²) < 4.78 is 5.35. The third-order valence-corrected chi connectivity index (χ3v) is 3.05. The second kappa shape index (κ2) is 4.89. The summed E-state index contributed by atoms with van der Waals surface area (Å²) in [4.78, 5) is 8.89. The molecule has 1 aromatic heterocycles. The molecule has 16 heavy (non-hydrogen) atoms. The van der Waals surface area contributed by atoms with Crippen LogP contribution in [0.5, 0.6) is 0 Å². The second-order valence-electron chi connectivity index (χ2n) is 4.55. The average molecular weight is 221 g/mol. The largest absolute Gasteiger partial charge is 0.381 e. The molecule has 0 aromatic carbocycles. The van der Waals surface area contributed by atoms with E-state index in [1.807, 2.05) is 20.0 Å². The standard InChI is InChI=1S/C12H19N3O/c1-8(13)11-6-14-12(15-9(11)2)5-10-3-4-16-7-10/h6,8,10H,3-5,7,13H2,1-2H3/t8-,10?/m0/s1. The Morgan fingerprint density at radius 3 is 3.00 bits per heavy atom. The first-order valence-electron chi connectivity index (χ1n) is 5.82. The van der Waals surface area contributed by atoms with Crippen LogP contribution in [0.2, 0.25) is 0 Å². The Hall–Kier alpha value is -1.00. The summed E-state index contributed by atoms with van der Waals surface area (Å²) in [7, 11) is 0. The quantitative estimate of drug-likeness (QED) is 0.837. The van der Waals surface area contributed by atoms with Crippen LogP contribution >= 0.6 is 0 Å².